The van der Waals surface area contributed by atoms with Gasteiger partial charge in [0.2, 0.25) is 11.6 Å². The first-order valence-corrected chi connectivity index (χ1v) is 10.4. The lowest BCUT2D eigenvalue weighted by Gasteiger charge is -2.24. The van der Waals surface area contributed by atoms with Crippen molar-refractivity contribution in [1.29, 1.82) is 0 Å². The molecule has 3 unspecified atom stereocenters. The maximum atomic E-state index is 12.6. The maximum absolute atomic E-state index is 12.6. The summed E-state index contributed by atoms with van der Waals surface area (Å²) in [5.74, 6) is 0.0949. The molecule has 1 aliphatic carbocycles. The number of carbonyl (C=O) groups is 2. The van der Waals surface area contributed by atoms with Gasteiger partial charge in [-0.1, -0.05) is 54.6 Å². The number of thioether (sulfide) groups is 1. The second kappa shape index (κ2) is 8.38. The van der Waals surface area contributed by atoms with E-state index in [4.69, 9.17) is 4.74 Å². The summed E-state index contributed by atoms with van der Waals surface area (Å²) in [5, 5.41) is 3.62. The Bertz CT molecular complexity index is 823. The monoisotopic (exact) mass is 381 g/mol. The maximum Gasteiger partial charge on any atom is 0.227 e. The van der Waals surface area contributed by atoms with E-state index < -0.39 is 6.10 Å². The molecule has 4 nitrogen and oxygen atoms in total. The number of rotatable bonds is 4. The molecule has 0 radical (unpaired) electrons. The lowest BCUT2D eigenvalue weighted by molar-refractivity contribution is -0.145. The van der Waals surface area contributed by atoms with Crippen LogP contribution >= 0.6 is 11.8 Å². The van der Waals surface area contributed by atoms with Gasteiger partial charge < -0.3 is 10.1 Å². The van der Waals surface area contributed by atoms with Crippen LogP contribution in [0, 0.1) is 0 Å². The molecule has 1 aliphatic heterocycles. The number of Topliss-reactive ketones (excluding diaryl/α,β-unsaturated/α-hetero) is 2. The topological polar surface area (TPSA) is 55.4 Å². The van der Waals surface area contributed by atoms with Gasteiger partial charge in [-0.15, -0.1) is 0 Å². The normalized spacial score (nSPS) is 25.3. The second-order valence-corrected chi connectivity index (χ2v) is 8.32. The van der Waals surface area contributed by atoms with E-state index >= 15 is 0 Å². The average Bonchev–Trinajstić information content (AvgIpc) is 2.91. The molecule has 3 atom stereocenters. The van der Waals surface area contributed by atoms with Gasteiger partial charge >= 0.3 is 0 Å². The Balaban J connectivity index is 1.47. The number of nitrogens with one attached hydrogen (secondary N) is 1. The second-order valence-electron chi connectivity index (χ2n) is 7.08. The summed E-state index contributed by atoms with van der Waals surface area (Å²) >= 11 is 1.83. The van der Waals surface area contributed by atoms with Gasteiger partial charge in [-0.05, 0) is 23.1 Å². The molecular formula is C22H23NO3S. The van der Waals surface area contributed by atoms with Gasteiger partial charge in [0, 0.05) is 30.5 Å². The minimum Gasteiger partial charge on any atom is -0.364 e. The fourth-order valence-corrected chi connectivity index (χ4v) is 5.09. The van der Waals surface area contributed by atoms with Crippen LogP contribution in [0.4, 0.5) is 0 Å². The smallest absolute Gasteiger partial charge is 0.227 e. The van der Waals surface area contributed by atoms with Crippen molar-refractivity contribution in [3.05, 3.63) is 71.3 Å². The molecule has 0 amide bonds. The SMILES string of the molecule is O=C1Cc2ccccc2C2CC(OC(CNCc3ccccc3)CS2)C1=O. The van der Waals surface area contributed by atoms with Gasteiger partial charge in [0.05, 0.1) is 6.10 Å². The van der Waals surface area contributed by atoms with Crippen molar-refractivity contribution in [2.45, 2.75) is 36.8 Å². The van der Waals surface area contributed by atoms with Crippen molar-refractivity contribution in [3.8, 4) is 0 Å². The number of fused-ring (bicyclic) bond motifs is 4. The molecule has 2 aromatic carbocycles. The largest absolute Gasteiger partial charge is 0.364 e. The zero-order valence-corrected chi connectivity index (χ0v) is 15.9. The molecule has 0 saturated carbocycles. The van der Waals surface area contributed by atoms with Gasteiger partial charge in [-0.2, -0.15) is 11.8 Å². The number of ether oxygens (including phenoxy) is 1. The highest BCUT2D eigenvalue weighted by atomic mass is 32.2. The minimum atomic E-state index is -0.630. The van der Waals surface area contributed by atoms with E-state index in [1.54, 1.807) is 0 Å². The highest BCUT2D eigenvalue weighted by Gasteiger charge is 2.37. The van der Waals surface area contributed by atoms with E-state index in [2.05, 4.69) is 23.5 Å². The summed E-state index contributed by atoms with van der Waals surface area (Å²) in [7, 11) is 0. The first-order chi connectivity index (χ1) is 13.2. The summed E-state index contributed by atoms with van der Waals surface area (Å²) in [4.78, 5) is 25.0. The van der Waals surface area contributed by atoms with Gasteiger partial charge in [-0.25, -0.2) is 0 Å². The summed E-state index contributed by atoms with van der Waals surface area (Å²) < 4.78 is 6.10. The van der Waals surface area contributed by atoms with Crippen LogP contribution in [0.25, 0.3) is 0 Å². The highest BCUT2D eigenvalue weighted by molar-refractivity contribution is 7.99. The van der Waals surface area contributed by atoms with Crippen LogP contribution in [0.5, 0.6) is 0 Å². The predicted molar refractivity (Wildman–Crippen MR) is 107 cm³/mol. The molecule has 27 heavy (non-hydrogen) atoms. The van der Waals surface area contributed by atoms with E-state index in [1.165, 1.54) is 11.1 Å². The van der Waals surface area contributed by atoms with Gasteiger partial charge in [0.15, 0.2) is 0 Å². The lowest BCUT2D eigenvalue weighted by Crippen LogP contribution is -2.39. The molecule has 0 spiro atoms. The van der Waals surface area contributed by atoms with E-state index in [1.807, 2.05) is 48.2 Å². The van der Waals surface area contributed by atoms with Crippen LogP contribution in [0.1, 0.15) is 28.4 Å². The summed E-state index contributed by atoms with van der Waals surface area (Å²) in [5.41, 5.74) is 3.37. The fourth-order valence-electron chi connectivity index (χ4n) is 3.73. The molecule has 5 heteroatoms. The van der Waals surface area contributed by atoms with Crippen molar-refractivity contribution in [1.82, 2.24) is 5.32 Å². The molecule has 1 N–H and O–H groups in total. The molecule has 4 rings (SSSR count). The van der Waals surface area contributed by atoms with Crippen LogP contribution in [0.3, 0.4) is 0 Å². The van der Waals surface area contributed by atoms with Crippen LogP contribution in [0.15, 0.2) is 54.6 Å². The standard InChI is InChI=1S/C22H23NO3S/c24-19-10-16-8-4-5-9-18(16)21-11-20(22(19)25)26-17(14-27-21)13-23-12-15-6-2-1-3-7-15/h1-9,17,20-21,23H,10-14H2. The van der Waals surface area contributed by atoms with Crippen LogP contribution in [-0.2, 0) is 27.3 Å². The number of hydrogen-bond acceptors (Lipinski definition) is 5. The fraction of sp³-hybridized carbons (Fsp3) is 0.364. The first-order valence-electron chi connectivity index (χ1n) is 9.37. The molecule has 0 aromatic heterocycles. The molecular weight excluding hydrogens is 358 g/mol. The Morgan fingerprint density at radius 2 is 1.81 bits per heavy atom. The third kappa shape index (κ3) is 4.32. The highest BCUT2D eigenvalue weighted by Crippen LogP contribution is 2.40. The van der Waals surface area contributed by atoms with E-state index in [-0.39, 0.29) is 29.3 Å². The minimum absolute atomic E-state index is 0.0873. The van der Waals surface area contributed by atoms with E-state index in [9.17, 15) is 9.59 Å². The number of ketones is 2. The summed E-state index contributed by atoms with van der Waals surface area (Å²) in [6.07, 6.45) is 0.0368. The number of benzene rings is 2. The molecule has 1 saturated heterocycles. The quantitative estimate of drug-likeness (QED) is 0.825. The summed E-state index contributed by atoms with van der Waals surface area (Å²) in [6.45, 7) is 1.42. The van der Waals surface area contributed by atoms with Crippen molar-refractivity contribution >= 4 is 23.3 Å². The van der Waals surface area contributed by atoms with E-state index in [0.717, 1.165) is 17.9 Å². The number of hydrogen-bond donors (Lipinski definition) is 1. The average molecular weight is 381 g/mol. The van der Waals surface area contributed by atoms with Gasteiger partial charge in [-0.3, -0.25) is 9.59 Å². The molecule has 2 aliphatic rings. The van der Waals surface area contributed by atoms with E-state index in [0.29, 0.717) is 13.0 Å². The van der Waals surface area contributed by atoms with Crippen molar-refractivity contribution in [2.24, 2.45) is 0 Å². The van der Waals surface area contributed by atoms with Crippen LogP contribution in [0.2, 0.25) is 0 Å². The van der Waals surface area contributed by atoms with Gasteiger partial charge in [0.25, 0.3) is 0 Å². The predicted octanol–water partition coefficient (Wildman–Crippen LogP) is 3.10. The molecule has 2 aromatic rings. The van der Waals surface area contributed by atoms with Gasteiger partial charge in [0.1, 0.15) is 6.10 Å². The van der Waals surface area contributed by atoms with Crippen molar-refractivity contribution in [2.75, 3.05) is 12.3 Å². The third-order valence-electron chi connectivity index (χ3n) is 5.13. The zero-order valence-electron chi connectivity index (χ0n) is 15.1. The molecule has 1 heterocycles. The zero-order chi connectivity index (χ0) is 18.6. The lowest BCUT2D eigenvalue weighted by atomic mass is 9.90. The van der Waals surface area contributed by atoms with Crippen LogP contribution < -0.4 is 5.32 Å². The Hall–Kier alpha value is -1.95. The summed E-state index contributed by atoms with van der Waals surface area (Å²) in [6, 6.07) is 18.2. The van der Waals surface area contributed by atoms with Crippen LogP contribution in [-0.4, -0.2) is 36.1 Å². The first kappa shape index (κ1) is 18.4. The number of carbonyl (C=O) groups excluding carboxylic acids is 2. The Labute approximate surface area is 163 Å². The third-order valence-corrected chi connectivity index (χ3v) is 6.55. The Morgan fingerprint density at radius 3 is 2.67 bits per heavy atom. The Kier molecular flexibility index (Phi) is 5.72. The van der Waals surface area contributed by atoms with Crippen molar-refractivity contribution < 1.29 is 14.3 Å². The molecule has 1 fully saturated rings. The molecule has 2 bridgehead atoms. The molecule has 140 valence electrons. The van der Waals surface area contributed by atoms with Crippen molar-refractivity contribution in [3.63, 3.8) is 0 Å². The Morgan fingerprint density at radius 1 is 1.04 bits per heavy atom.